The molecule has 1 saturated heterocycles. The number of imide groups is 1. The standard InChI is InChI=1S/C29H22BrN3O5S2/c1-15-5-9-19(10-6-15)33-26(36)23-22(16-3-2-4-17(30)13-16)25-28(39-24(23)27(33)37)32(29(38)40-25)14-21(35)31-18-7-11-20(34)12-8-18/h2-13,22-24,34H,14H2,1H3,(H,31,35). The largest absolute Gasteiger partial charge is 0.508 e. The number of carbonyl (C=O) groups is 3. The molecule has 0 bridgehead atoms. The predicted octanol–water partition coefficient (Wildman–Crippen LogP) is 5.12. The quantitative estimate of drug-likeness (QED) is 0.233. The molecular weight excluding hydrogens is 614 g/mol. The minimum absolute atomic E-state index is 0.0705. The van der Waals surface area contributed by atoms with Gasteiger partial charge >= 0.3 is 4.87 Å². The van der Waals surface area contributed by atoms with Gasteiger partial charge in [-0.2, -0.15) is 0 Å². The summed E-state index contributed by atoms with van der Waals surface area (Å²) in [7, 11) is 0. The monoisotopic (exact) mass is 635 g/mol. The van der Waals surface area contributed by atoms with Crippen molar-refractivity contribution in [1.82, 2.24) is 4.57 Å². The lowest BCUT2D eigenvalue weighted by atomic mass is 9.83. The zero-order valence-corrected chi connectivity index (χ0v) is 24.3. The Labute approximate surface area is 245 Å². The van der Waals surface area contributed by atoms with E-state index in [-0.39, 0.29) is 29.0 Å². The molecule has 2 aliphatic rings. The number of nitrogens with zero attached hydrogens (tertiary/aromatic N) is 2. The van der Waals surface area contributed by atoms with Crippen LogP contribution in [0, 0.1) is 12.8 Å². The molecule has 2 aliphatic heterocycles. The summed E-state index contributed by atoms with van der Waals surface area (Å²) < 4.78 is 2.20. The number of rotatable bonds is 5. The Hall–Kier alpha value is -3.67. The first-order chi connectivity index (χ1) is 19.2. The van der Waals surface area contributed by atoms with Gasteiger partial charge in [-0.05, 0) is 61.0 Å². The molecule has 3 unspecified atom stereocenters. The lowest BCUT2D eigenvalue weighted by Crippen LogP contribution is -2.33. The molecule has 1 aromatic heterocycles. The van der Waals surface area contributed by atoms with E-state index in [0.29, 0.717) is 21.3 Å². The highest BCUT2D eigenvalue weighted by molar-refractivity contribution is 9.10. The van der Waals surface area contributed by atoms with Gasteiger partial charge in [0.25, 0.3) is 0 Å². The van der Waals surface area contributed by atoms with E-state index in [2.05, 4.69) is 21.2 Å². The topological polar surface area (TPSA) is 109 Å². The van der Waals surface area contributed by atoms with Crippen molar-refractivity contribution in [2.24, 2.45) is 5.92 Å². The fraction of sp³-hybridized carbons (Fsp3) is 0.172. The Morgan fingerprint density at radius 3 is 2.42 bits per heavy atom. The molecule has 4 aromatic rings. The van der Waals surface area contributed by atoms with Crippen molar-refractivity contribution < 1.29 is 19.5 Å². The number of thioether (sulfide) groups is 1. The van der Waals surface area contributed by atoms with Gasteiger partial charge in [0.05, 0.1) is 16.6 Å². The summed E-state index contributed by atoms with van der Waals surface area (Å²) in [5.41, 5.74) is 2.81. The molecule has 11 heteroatoms. The van der Waals surface area contributed by atoms with E-state index in [1.807, 2.05) is 43.3 Å². The summed E-state index contributed by atoms with van der Waals surface area (Å²) in [5, 5.41) is 12.0. The molecule has 6 rings (SSSR count). The number of aromatic hydroxyl groups is 1. The summed E-state index contributed by atoms with van der Waals surface area (Å²) >= 11 is 5.69. The first-order valence-corrected chi connectivity index (χ1v) is 14.9. The summed E-state index contributed by atoms with van der Waals surface area (Å²) in [5.74, 6) is -2.25. The molecule has 8 nitrogen and oxygen atoms in total. The third-order valence-electron chi connectivity index (χ3n) is 7.00. The van der Waals surface area contributed by atoms with Crippen LogP contribution in [0.4, 0.5) is 11.4 Å². The molecule has 0 radical (unpaired) electrons. The highest BCUT2D eigenvalue weighted by Gasteiger charge is 2.56. The highest BCUT2D eigenvalue weighted by Crippen LogP contribution is 2.54. The number of hydrogen-bond acceptors (Lipinski definition) is 7. The molecular formula is C29H22BrN3O5S2. The SMILES string of the molecule is Cc1ccc(N2C(=O)C3Sc4c(sc(=O)n4CC(=O)Nc4ccc(O)cc4)C(c4cccc(Br)c4)C3C2=O)cc1. The number of nitrogens with one attached hydrogen (secondary N) is 1. The van der Waals surface area contributed by atoms with Crippen LogP contribution < -0.4 is 15.1 Å². The molecule has 3 amide bonds. The first kappa shape index (κ1) is 26.5. The molecule has 0 saturated carbocycles. The molecule has 0 aliphatic carbocycles. The molecule has 2 N–H and O–H groups in total. The highest BCUT2D eigenvalue weighted by atomic mass is 79.9. The van der Waals surface area contributed by atoms with Crippen LogP contribution in [-0.2, 0) is 20.9 Å². The fourth-order valence-corrected chi connectivity index (χ4v) is 8.34. The number of phenols is 1. The Balaban J connectivity index is 1.41. The number of aromatic nitrogens is 1. The Kier molecular flexibility index (Phi) is 6.89. The van der Waals surface area contributed by atoms with Crippen molar-refractivity contribution in [1.29, 1.82) is 0 Å². The van der Waals surface area contributed by atoms with Gasteiger partial charge in [0, 0.05) is 21.0 Å². The lowest BCUT2D eigenvalue weighted by molar-refractivity contribution is -0.122. The van der Waals surface area contributed by atoms with E-state index in [0.717, 1.165) is 26.9 Å². The van der Waals surface area contributed by atoms with Crippen molar-refractivity contribution in [2.75, 3.05) is 10.2 Å². The van der Waals surface area contributed by atoms with Crippen molar-refractivity contribution in [3.05, 3.63) is 103 Å². The number of halogens is 1. The number of anilines is 2. The summed E-state index contributed by atoms with van der Waals surface area (Å²) in [6.45, 7) is 1.68. The van der Waals surface area contributed by atoms with Crippen LogP contribution in [0.3, 0.4) is 0 Å². The average Bonchev–Trinajstić information content (AvgIpc) is 3.36. The van der Waals surface area contributed by atoms with E-state index < -0.39 is 23.0 Å². The number of thiazole rings is 1. The van der Waals surface area contributed by atoms with Crippen molar-refractivity contribution in [3.63, 3.8) is 0 Å². The Morgan fingerprint density at radius 2 is 1.73 bits per heavy atom. The molecule has 3 heterocycles. The number of phenolic OH excluding ortho intramolecular Hbond substituents is 1. The third-order valence-corrected chi connectivity index (χ3v) is 10.1. The van der Waals surface area contributed by atoms with Crippen LogP contribution in [-0.4, -0.2) is 32.6 Å². The van der Waals surface area contributed by atoms with E-state index in [9.17, 15) is 24.3 Å². The van der Waals surface area contributed by atoms with Gasteiger partial charge in [0.2, 0.25) is 17.7 Å². The minimum Gasteiger partial charge on any atom is -0.508 e. The normalized spacial score (nSPS) is 19.9. The molecule has 3 aromatic carbocycles. The van der Waals surface area contributed by atoms with Gasteiger partial charge in [0.15, 0.2) is 0 Å². The zero-order valence-electron chi connectivity index (χ0n) is 21.0. The van der Waals surface area contributed by atoms with Crippen LogP contribution >= 0.6 is 39.0 Å². The van der Waals surface area contributed by atoms with Crippen LogP contribution in [0.5, 0.6) is 5.75 Å². The van der Waals surface area contributed by atoms with Crippen molar-refractivity contribution in [2.45, 2.75) is 29.7 Å². The van der Waals surface area contributed by atoms with Gasteiger partial charge in [0.1, 0.15) is 17.5 Å². The van der Waals surface area contributed by atoms with E-state index in [1.54, 1.807) is 24.3 Å². The van der Waals surface area contributed by atoms with E-state index >= 15 is 0 Å². The van der Waals surface area contributed by atoms with Crippen molar-refractivity contribution >= 4 is 68.1 Å². The van der Waals surface area contributed by atoms with Gasteiger partial charge < -0.3 is 10.4 Å². The number of carbonyl (C=O) groups excluding carboxylic acids is 3. The molecule has 1 fully saturated rings. The minimum atomic E-state index is -0.759. The molecule has 3 atom stereocenters. The average molecular weight is 637 g/mol. The van der Waals surface area contributed by atoms with Crippen molar-refractivity contribution in [3.8, 4) is 5.75 Å². The third kappa shape index (κ3) is 4.67. The summed E-state index contributed by atoms with van der Waals surface area (Å²) in [6.07, 6.45) is 0. The number of fused-ring (bicyclic) bond motifs is 2. The van der Waals surface area contributed by atoms with E-state index in [4.69, 9.17) is 0 Å². The molecule has 0 spiro atoms. The summed E-state index contributed by atoms with van der Waals surface area (Å²) in [6, 6.07) is 20.8. The zero-order chi connectivity index (χ0) is 28.1. The van der Waals surface area contributed by atoms with Crippen LogP contribution in [0.2, 0.25) is 0 Å². The summed E-state index contributed by atoms with van der Waals surface area (Å²) in [4.78, 5) is 55.5. The Morgan fingerprint density at radius 1 is 1.00 bits per heavy atom. The second-order valence-corrected chi connectivity index (χ2v) is 12.7. The number of aryl methyl sites for hydroxylation is 1. The van der Waals surface area contributed by atoms with E-state index in [1.165, 1.54) is 33.4 Å². The number of hydrogen-bond donors (Lipinski definition) is 2. The van der Waals surface area contributed by atoms with Crippen LogP contribution in [0.1, 0.15) is 21.9 Å². The molecule has 202 valence electrons. The van der Waals surface area contributed by atoms with Gasteiger partial charge in [-0.15, -0.1) is 0 Å². The maximum Gasteiger partial charge on any atom is 0.308 e. The second-order valence-electron chi connectivity index (χ2n) is 9.66. The van der Waals surface area contributed by atoms with Crippen LogP contribution in [0.25, 0.3) is 0 Å². The van der Waals surface area contributed by atoms with Gasteiger partial charge in [-0.25, -0.2) is 4.90 Å². The molecule has 40 heavy (non-hydrogen) atoms. The fourth-order valence-electron chi connectivity index (χ4n) is 5.15. The Bertz CT molecular complexity index is 1710. The van der Waals surface area contributed by atoms with Gasteiger partial charge in [-0.1, -0.05) is 68.9 Å². The smallest absolute Gasteiger partial charge is 0.308 e. The maximum atomic E-state index is 13.9. The second kappa shape index (κ2) is 10.4. The lowest BCUT2D eigenvalue weighted by Gasteiger charge is -2.30. The first-order valence-electron chi connectivity index (χ1n) is 12.4. The maximum absolute atomic E-state index is 13.9. The number of amides is 3. The predicted molar refractivity (Wildman–Crippen MR) is 158 cm³/mol. The number of benzene rings is 3. The van der Waals surface area contributed by atoms with Gasteiger partial charge in [-0.3, -0.25) is 23.7 Å². The van der Waals surface area contributed by atoms with Crippen LogP contribution in [0.15, 0.2) is 87.1 Å².